The Morgan fingerprint density at radius 1 is 1.44 bits per heavy atom. The normalized spacial score (nSPS) is 14.6. The highest BCUT2D eigenvalue weighted by atomic mass is 127. The van der Waals surface area contributed by atoms with Crippen LogP contribution in [0.4, 0.5) is 4.79 Å². The number of guanidine groups is 1. The van der Waals surface area contributed by atoms with Crippen LogP contribution in [0, 0.1) is 0 Å². The molecule has 0 bridgehead atoms. The number of nitrogens with zero attached hydrogens (tertiary/aromatic N) is 3. The molecule has 1 aromatic heterocycles. The van der Waals surface area contributed by atoms with Gasteiger partial charge in [-0.05, 0) is 12.8 Å². The number of imide groups is 1. The first kappa shape index (κ1) is 21.2. The molecule has 0 unspecified atom stereocenters. The molecule has 10 heteroatoms. The summed E-state index contributed by atoms with van der Waals surface area (Å²) in [7, 11) is 0. The maximum atomic E-state index is 11.5. The van der Waals surface area contributed by atoms with Crippen molar-refractivity contribution in [2.75, 3.05) is 26.2 Å². The summed E-state index contributed by atoms with van der Waals surface area (Å²) < 4.78 is 5.25. The zero-order valence-corrected chi connectivity index (χ0v) is 17.0. The monoisotopic (exact) mass is 464 g/mol. The van der Waals surface area contributed by atoms with Gasteiger partial charge in [0.25, 0.3) is 0 Å². The number of hydrogen-bond donors (Lipinski definition) is 3. The van der Waals surface area contributed by atoms with Gasteiger partial charge in [-0.2, -0.15) is 0 Å². The molecule has 3 N–H and O–H groups in total. The minimum atomic E-state index is -0.355. The SMILES string of the molecule is CCNC(=NCc1cc(C(C)C)no1)NCCN1C(=O)CNC1=O.I. The predicted octanol–water partition coefficient (Wildman–Crippen LogP) is 1.02. The molecule has 25 heavy (non-hydrogen) atoms. The second-order valence-electron chi connectivity index (χ2n) is 5.70. The van der Waals surface area contributed by atoms with E-state index in [1.54, 1.807) is 0 Å². The number of nitrogens with one attached hydrogen (secondary N) is 3. The Labute approximate surface area is 164 Å². The van der Waals surface area contributed by atoms with Crippen molar-refractivity contribution in [2.24, 2.45) is 4.99 Å². The van der Waals surface area contributed by atoms with Crippen molar-refractivity contribution >= 4 is 41.9 Å². The van der Waals surface area contributed by atoms with Gasteiger partial charge in [0.1, 0.15) is 6.54 Å². The van der Waals surface area contributed by atoms with Gasteiger partial charge in [0.05, 0.1) is 12.2 Å². The van der Waals surface area contributed by atoms with E-state index in [-0.39, 0.29) is 49.0 Å². The van der Waals surface area contributed by atoms with Crippen molar-refractivity contribution in [3.8, 4) is 0 Å². The third kappa shape index (κ3) is 6.18. The molecule has 3 amide bonds. The minimum Gasteiger partial charge on any atom is -0.359 e. The summed E-state index contributed by atoms with van der Waals surface area (Å²) in [6.45, 7) is 7.88. The van der Waals surface area contributed by atoms with E-state index in [0.29, 0.717) is 37.3 Å². The van der Waals surface area contributed by atoms with Crippen LogP contribution < -0.4 is 16.0 Å². The van der Waals surface area contributed by atoms with Crippen LogP contribution in [0.25, 0.3) is 0 Å². The van der Waals surface area contributed by atoms with Crippen LogP contribution in [-0.2, 0) is 11.3 Å². The van der Waals surface area contributed by atoms with Gasteiger partial charge >= 0.3 is 6.03 Å². The van der Waals surface area contributed by atoms with Crippen molar-refractivity contribution < 1.29 is 14.1 Å². The molecule has 2 heterocycles. The number of halogens is 1. The zero-order valence-electron chi connectivity index (χ0n) is 14.7. The Morgan fingerprint density at radius 3 is 2.76 bits per heavy atom. The molecule has 0 aliphatic carbocycles. The van der Waals surface area contributed by atoms with Gasteiger partial charge < -0.3 is 20.5 Å². The van der Waals surface area contributed by atoms with Crippen LogP contribution in [-0.4, -0.2) is 54.1 Å². The van der Waals surface area contributed by atoms with E-state index >= 15 is 0 Å². The third-order valence-corrected chi connectivity index (χ3v) is 3.47. The Kier molecular flexibility index (Phi) is 8.66. The summed E-state index contributed by atoms with van der Waals surface area (Å²) in [5, 5.41) is 12.7. The quantitative estimate of drug-likeness (QED) is 0.241. The van der Waals surface area contributed by atoms with Crippen molar-refractivity contribution in [2.45, 2.75) is 33.2 Å². The highest BCUT2D eigenvalue weighted by Crippen LogP contribution is 2.14. The average molecular weight is 464 g/mol. The standard InChI is InChI=1S/C15H24N6O3.HI/c1-4-16-14(17-5-6-21-13(22)9-19-15(21)23)18-8-11-7-12(10(2)3)20-24-11;/h7,10H,4-6,8-9H2,1-3H3,(H,19,23)(H2,16,17,18);1H. The number of carbonyl (C=O) groups excluding carboxylic acids is 2. The molecule has 0 aromatic carbocycles. The summed E-state index contributed by atoms with van der Waals surface area (Å²) in [6, 6.07) is 1.54. The predicted molar refractivity (Wildman–Crippen MR) is 104 cm³/mol. The Balaban J connectivity index is 0.00000312. The van der Waals surface area contributed by atoms with Gasteiger partial charge in [-0.3, -0.25) is 9.69 Å². The second-order valence-corrected chi connectivity index (χ2v) is 5.70. The summed E-state index contributed by atoms with van der Waals surface area (Å²) in [5.41, 5.74) is 0.900. The summed E-state index contributed by atoms with van der Waals surface area (Å²) in [5.74, 6) is 1.37. The molecule has 9 nitrogen and oxygen atoms in total. The molecule has 1 aliphatic rings. The van der Waals surface area contributed by atoms with Crippen LogP contribution in [0.15, 0.2) is 15.6 Å². The fourth-order valence-electron chi connectivity index (χ4n) is 2.14. The van der Waals surface area contributed by atoms with E-state index in [1.165, 1.54) is 4.90 Å². The van der Waals surface area contributed by atoms with E-state index in [1.807, 2.05) is 26.8 Å². The molecule has 0 atom stereocenters. The molecule has 1 saturated heterocycles. The van der Waals surface area contributed by atoms with Crippen LogP contribution in [0.5, 0.6) is 0 Å². The Hall–Kier alpha value is -1.85. The lowest BCUT2D eigenvalue weighted by atomic mass is 10.1. The number of amides is 3. The molecule has 2 rings (SSSR count). The van der Waals surface area contributed by atoms with Crippen LogP contribution in [0.1, 0.15) is 38.1 Å². The van der Waals surface area contributed by atoms with Crippen molar-refractivity contribution in [3.63, 3.8) is 0 Å². The summed E-state index contributed by atoms with van der Waals surface area (Å²) >= 11 is 0. The molecule has 1 aromatic rings. The Bertz CT molecular complexity index is 600. The lowest BCUT2D eigenvalue weighted by Crippen LogP contribution is -2.43. The number of carbonyl (C=O) groups is 2. The van der Waals surface area contributed by atoms with Gasteiger partial charge in [0, 0.05) is 25.7 Å². The molecule has 1 aliphatic heterocycles. The maximum Gasteiger partial charge on any atom is 0.324 e. The molecule has 0 saturated carbocycles. The lowest BCUT2D eigenvalue weighted by Gasteiger charge is -2.15. The number of aromatic nitrogens is 1. The first-order chi connectivity index (χ1) is 11.5. The number of rotatable bonds is 7. The fourth-order valence-corrected chi connectivity index (χ4v) is 2.14. The number of urea groups is 1. The van der Waals surface area contributed by atoms with Gasteiger partial charge in [-0.15, -0.1) is 24.0 Å². The molecule has 1 fully saturated rings. The third-order valence-electron chi connectivity index (χ3n) is 3.47. The van der Waals surface area contributed by atoms with Crippen LogP contribution in [0.3, 0.4) is 0 Å². The maximum absolute atomic E-state index is 11.5. The number of hydrogen-bond acceptors (Lipinski definition) is 5. The van der Waals surface area contributed by atoms with Crippen molar-refractivity contribution in [3.05, 3.63) is 17.5 Å². The van der Waals surface area contributed by atoms with E-state index in [0.717, 1.165) is 5.69 Å². The molecular formula is C15H25IN6O3. The lowest BCUT2D eigenvalue weighted by molar-refractivity contribution is -0.124. The molecule has 0 spiro atoms. The van der Waals surface area contributed by atoms with Crippen molar-refractivity contribution in [1.82, 2.24) is 26.0 Å². The average Bonchev–Trinajstić information content (AvgIpc) is 3.14. The summed E-state index contributed by atoms with van der Waals surface area (Å²) in [4.78, 5) is 28.6. The molecular weight excluding hydrogens is 439 g/mol. The molecule has 140 valence electrons. The molecule has 0 radical (unpaired) electrons. The zero-order chi connectivity index (χ0) is 17.5. The smallest absolute Gasteiger partial charge is 0.324 e. The highest BCUT2D eigenvalue weighted by molar-refractivity contribution is 14.0. The van der Waals surface area contributed by atoms with Crippen LogP contribution in [0.2, 0.25) is 0 Å². The fraction of sp³-hybridized carbons (Fsp3) is 0.600. The topological polar surface area (TPSA) is 112 Å². The van der Waals surface area contributed by atoms with Gasteiger partial charge in [0.2, 0.25) is 5.91 Å². The van der Waals surface area contributed by atoms with Gasteiger partial charge in [0.15, 0.2) is 11.7 Å². The van der Waals surface area contributed by atoms with E-state index in [9.17, 15) is 9.59 Å². The minimum absolute atomic E-state index is 0. The second kappa shape index (κ2) is 10.2. The van der Waals surface area contributed by atoms with Crippen LogP contribution >= 0.6 is 24.0 Å². The first-order valence-electron chi connectivity index (χ1n) is 8.07. The Morgan fingerprint density at radius 2 is 2.20 bits per heavy atom. The van der Waals surface area contributed by atoms with Gasteiger partial charge in [-0.1, -0.05) is 19.0 Å². The largest absolute Gasteiger partial charge is 0.359 e. The van der Waals surface area contributed by atoms with Gasteiger partial charge in [-0.25, -0.2) is 9.79 Å². The first-order valence-corrected chi connectivity index (χ1v) is 8.07. The van der Waals surface area contributed by atoms with E-state index in [2.05, 4.69) is 26.1 Å². The van der Waals surface area contributed by atoms with E-state index in [4.69, 9.17) is 4.52 Å². The summed E-state index contributed by atoms with van der Waals surface area (Å²) in [6.07, 6.45) is 0. The number of aliphatic imine (C=N–C) groups is 1. The van der Waals surface area contributed by atoms with Crippen molar-refractivity contribution in [1.29, 1.82) is 0 Å². The van der Waals surface area contributed by atoms with E-state index < -0.39 is 0 Å². The highest BCUT2D eigenvalue weighted by Gasteiger charge is 2.27.